The largest absolute Gasteiger partial charge is 0.436 e. The SMILES string of the molecule is FC(F)(F)c1ccc(-c2ncoc2Br)cc1. The molecule has 0 atom stereocenters. The van der Waals surface area contributed by atoms with Crippen molar-refractivity contribution in [2.24, 2.45) is 0 Å². The van der Waals surface area contributed by atoms with Gasteiger partial charge in [0, 0.05) is 5.56 Å². The Hall–Kier alpha value is -1.30. The molecule has 1 heterocycles. The molecule has 0 saturated heterocycles. The Morgan fingerprint density at radius 1 is 1.12 bits per heavy atom. The molecule has 2 rings (SSSR count). The number of benzene rings is 1. The van der Waals surface area contributed by atoms with E-state index in [1.807, 2.05) is 0 Å². The van der Waals surface area contributed by atoms with Gasteiger partial charge in [0.15, 0.2) is 11.1 Å². The summed E-state index contributed by atoms with van der Waals surface area (Å²) < 4.78 is 42.2. The molecule has 0 bridgehead atoms. The van der Waals surface area contributed by atoms with Gasteiger partial charge in [-0.1, -0.05) is 12.1 Å². The van der Waals surface area contributed by atoms with Crippen molar-refractivity contribution in [2.75, 3.05) is 0 Å². The molecule has 1 aromatic carbocycles. The summed E-state index contributed by atoms with van der Waals surface area (Å²) in [5.41, 5.74) is 0.359. The van der Waals surface area contributed by atoms with Gasteiger partial charge in [-0.2, -0.15) is 13.2 Å². The topological polar surface area (TPSA) is 26.0 Å². The van der Waals surface area contributed by atoms with Crippen LogP contribution in [0.3, 0.4) is 0 Å². The minimum absolute atomic E-state index is 0.396. The highest BCUT2D eigenvalue weighted by Gasteiger charge is 2.30. The Morgan fingerprint density at radius 2 is 1.75 bits per heavy atom. The Balaban J connectivity index is 2.37. The van der Waals surface area contributed by atoms with Crippen molar-refractivity contribution in [2.45, 2.75) is 6.18 Å². The third kappa shape index (κ3) is 2.11. The van der Waals surface area contributed by atoms with Crippen LogP contribution in [0.1, 0.15) is 5.56 Å². The molecule has 0 aliphatic rings. The van der Waals surface area contributed by atoms with Crippen molar-refractivity contribution in [3.63, 3.8) is 0 Å². The van der Waals surface area contributed by atoms with Gasteiger partial charge in [-0.3, -0.25) is 0 Å². The number of aromatic nitrogens is 1. The van der Waals surface area contributed by atoms with E-state index in [1.54, 1.807) is 0 Å². The minimum atomic E-state index is -4.32. The molecule has 2 aromatic rings. The van der Waals surface area contributed by atoms with Gasteiger partial charge in [0.1, 0.15) is 5.69 Å². The number of halogens is 4. The number of rotatable bonds is 1. The highest BCUT2D eigenvalue weighted by Crippen LogP contribution is 2.32. The lowest BCUT2D eigenvalue weighted by Crippen LogP contribution is -2.03. The Labute approximate surface area is 97.2 Å². The fourth-order valence-electron chi connectivity index (χ4n) is 1.24. The average molecular weight is 292 g/mol. The zero-order valence-electron chi connectivity index (χ0n) is 7.75. The van der Waals surface area contributed by atoms with Crippen LogP contribution in [0.2, 0.25) is 0 Å². The zero-order chi connectivity index (χ0) is 11.8. The van der Waals surface area contributed by atoms with E-state index in [0.717, 1.165) is 12.1 Å². The number of nitrogens with zero attached hydrogens (tertiary/aromatic N) is 1. The molecule has 1 aromatic heterocycles. The molecule has 0 amide bonds. The molecular weight excluding hydrogens is 287 g/mol. The quantitative estimate of drug-likeness (QED) is 0.790. The Kier molecular flexibility index (Phi) is 2.75. The van der Waals surface area contributed by atoms with E-state index in [4.69, 9.17) is 4.42 Å². The third-order valence-electron chi connectivity index (χ3n) is 2.01. The second-order valence-electron chi connectivity index (χ2n) is 3.05. The maximum Gasteiger partial charge on any atom is 0.416 e. The van der Waals surface area contributed by atoms with Crippen LogP contribution in [-0.2, 0) is 6.18 Å². The van der Waals surface area contributed by atoms with Crippen LogP contribution in [0.5, 0.6) is 0 Å². The Bertz CT molecular complexity index is 490. The molecular formula is C10H5BrF3NO. The van der Waals surface area contributed by atoms with E-state index in [0.29, 0.717) is 15.9 Å². The van der Waals surface area contributed by atoms with E-state index in [1.165, 1.54) is 18.5 Å². The third-order valence-corrected chi connectivity index (χ3v) is 2.57. The van der Waals surface area contributed by atoms with Crippen LogP contribution in [0, 0.1) is 0 Å². The lowest BCUT2D eigenvalue weighted by Gasteiger charge is -2.06. The van der Waals surface area contributed by atoms with Crippen molar-refractivity contribution in [1.29, 1.82) is 0 Å². The Morgan fingerprint density at radius 3 is 2.19 bits per heavy atom. The second-order valence-corrected chi connectivity index (χ2v) is 3.77. The summed E-state index contributed by atoms with van der Waals surface area (Å²) in [5, 5.41) is 0. The van der Waals surface area contributed by atoms with Crippen molar-refractivity contribution in [3.8, 4) is 11.3 Å². The molecule has 6 heteroatoms. The minimum Gasteiger partial charge on any atom is -0.436 e. The van der Waals surface area contributed by atoms with Crippen LogP contribution >= 0.6 is 15.9 Å². The van der Waals surface area contributed by atoms with Crippen LogP contribution in [0.15, 0.2) is 39.7 Å². The van der Waals surface area contributed by atoms with Gasteiger partial charge < -0.3 is 4.42 Å². The maximum atomic E-state index is 12.3. The lowest BCUT2D eigenvalue weighted by molar-refractivity contribution is -0.137. The van der Waals surface area contributed by atoms with E-state index in [2.05, 4.69) is 20.9 Å². The molecule has 84 valence electrons. The smallest absolute Gasteiger partial charge is 0.416 e. The van der Waals surface area contributed by atoms with Gasteiger partial charge in [0.25, 0.3) is 0 Å². The van der Waals surface area contributed by atoms with Crippen LogP contribution in [0.4, 0.5) is 13.2 Å². The molecule has 0 aliphatic carbocycles. The lowest BCUT2D eigenvalue weighted by atomic mass is 10.1. The van der Waals surface area contributed by atoms with Crippen molar-refractivity contribution < 1.29 is 17.6 Å². The van der Waals surface area contributed by atoms with E-state index in [-0.39, 0.29) is 0 Å². The molecule has 0 radical (unpaired) electrons. The first-order valence-corrected chi connectivity index (χ1v) is 5.04. The molecule has 0 unspecified atom stereocenters. The zero-order valence-corrected chi connectivity index (χ0v) is 9.34. The van der Waals surface area contributed by atoms with Crippen LogP contribution in [-0.4, -0.2) is 4.98 Å². The molecule has 0 spiro atoms. The summed E-state index contributed by atoms with van der Waals surface area (Å²) in [5.74, 6) is 0. The maximum absolute atomic E-state index is 12.3. The predicted octanol–water partition coefficient (Wildman–Crippen LogP) is 4.12. The highest BCUT2D eigenvalue weighted by molar-refractivity contribution is 9.10. The summed E-state index contributed by atoms with van der Waals surface area (Å²) in [7, 11) is 0. The summed E-state index contributed by atoms with van der Waals surface area (Å²) in [6, 6.07) is 4.73. The van der Waals surface area contributed by atoms with Crippen molar-refractivity contribution in [1.82, 2.24) is 4.98 Å². The molecule has 2 nitrogen and oxygen atoms in total. The molecule has 0 aliphatic heterocycles. The summed E-state index contributed by atoms with van der Waals surface area (Å²) in [6.07, 6.45) is -3.10. The van der Waals surface area contributed by atoms with Crippen molar-refractivity contribution >= 4 is 15.9 Å². The van der Waals surface area contributed by atoms with E-state index < -0.39 is 11.7 Å². The van der Waals surface area contributed by atoms with Gasteiger partial charge in [-0.15, -0.1) is 0 Å². The molecule has 0 fully saturated rings. The first-order valence-electron chi connectivity index (χ1n) is 4.25. The number of hydrogen-bond donors (Lipinski definition) is 0. The number of alkyl halides is 3. The number of hydrogen-bond acceptors (Lipinski definition) is 2. The number of oxazole rings is 1. The van der Waals surface area contributed by atoms with Gasteiger partial charge in [0.2, 0.25) is 0 Å². The van der Waals surface area contributed by atoms with Crippen molar-refractivity contribution in [3.05, 3.63) is 40.9 Å². The molecule has 16 heavy (non-hydrogen) atoms. The fourth-order valence-corrected chi connectivity index (χ4v) is 1.65. The second kappa shape index (κ2) is 3.93. The van der Waals surface area contributed by atoms with Gasteiger partial charge in [-0.25, -0.2) is 4.98 Å². The normalized spacial score (nSPS) is 11.8. The van der Waals surface area contributed by atoms with E-state index in [9.17, 15) is 13.2 Å². The predicted molar refractivity (Wildman–Crippen MR) is 54.6 cm³/mol. The summed E-state index contributed by atoms with van der Waals surface area (Å²) in [4.78, 5) is 3.88. The fraction of sp³-hybridized carbons (Fsp3) is 0.100. The van der Waals surface area contributed by atoms with Crippen LogP contribution < -0.4 is 0 Å². The summed E-state index contributed by atoms with van der Waals surface area (Å²) >= 11 is 3.11. The average Bonchev–Trinajstić information content (AvgIpc) is 2.63. The van der Waals surface area contributed by atoms with E-state index >= 15 is 0 Å². The first kappa shape index (κ1) is 11.2. The highest BCUT2D eigenvalue weighted by atomic mass is 79.9. The van der Waals surface area contributed by atoms with Gasteiger partial charge in [0.05, 0.1) is 5.56 Å². The standard InChI is InChI=1S/C10H5BrF3NO/c11-9-8(15-5-16-9)6-1-3-7(4-2-6)10(12,13)14/h1-5H. The summed E-state index contributed by atoms with van der Waals surface area (Å²) in [6.45, 7) is 0. The van der Waals surface area contributed by atoms with Gasteiger partial charge >= 0.3 is 6.18 Å². The van der Waals surface area contributed by atoms with Gasteiger partial charge in [-0.05, 0) is 28.1 Å². The first-order chi connectivity index (χ1) is 7.48. The van der Waals surface area contributed by atoms with Crippen LogP contribution in [0.25, 0.3) is 11.3 Å². The molecule has 0 saturated carbocycles. The monoisotopic (exact) mass is 291 g/mol. The molecule has 0 N–H and O–H groups in total.